The van der Waals surface area contributed by atoms with Crippen LogP contribution < -0.4 is 5.48 Å². The van der Waals surface area contributed by atoms with Gasteiger partial charge in [-0.3, -0.25) is 0 Å². The second-order valence-electron chi connectivity index (χ2n) is 2.63. The van der Waals surface area contributed by atoms with E-state index in [1.54, 1.807) is 0 Å². The molecule has 0 aromatic carbocycles. The van der Waals surface area contributed by atoms with E-state index in [2.05, 4.69) is 17.2 Å². The quantitative estimate of drug-likeness (QED) is 0.414. The van der Waals surface area contributed by atoms with Gasteiger partial charge >= 0.3 is 0 Å². The van der Waals surface area contributed by atoms with Gasteiger partial charge in [0.1, 0.15) is 0 Å². The topological polar surface area (TPSA) is 50.7 Å². The Morgan fingerprint density at radius 3 is 2.83 bits per heavy atom. The number of hydrogen-bond donors (Lipinski definition) is 2. The summed E-state index contributed by atoms with van der Waals surface area (Å²) in [5.74, 6) is 0. The molecule has 0 bridgehead atoms. The molecule has 2 N–H and O–H groups in total. The van der Waals surface area contributed by atoms with Crippen LogP contribution in [0.15, 0.2) is 0 Å². The maximum Gasteiger partial charge on any atom is 0.0920 e. The van der Waals surface area contributed by atoms with Gasteiger partial charge in [0.05, 0.1) is 19.8 Å². The number of unbranched alkanes of at least 4 members (excludes halogenated alkanes) is 1. The first-order chi connectivity index (χ1) is 5.81. The highest BCUT2D eigenvalue weighted by Crippen LogP contribution is 1.89. The van der Waals surface area contributed by atoms with Gasteiger partial charge < -0.3 is 14.7 Å². The third kappa shape index (κ3) is 7.94. The minimum Gasteiger partial charge on any atom is -0.389 e. The zero-order valence-corrected chi connectivity index (χ0v) is 7.88. The molecule has 0 amide bonds. The van der Waals surface area contributed by atoms with E-state index in [1.165, 1.54) is 7.11 Å². The zero-order chi connectivity index (χ0) is 9.23. The van der Waals surface area contributed by atoms with Gasteiger partial charge in [-0.2, -0.15) is 0 Å². The smallest absolute Gasteiger partial charge is 0.0920 e. The molecule has 12 heavy (non-hydrogen) atoms. The summed E-state index contributed by atoms with van der Waals surface area (Å²) in [4.78, 5) is 4.57. The van der Waals surface area contributed by atoms with Crippen LogP contribution in [-0.2, 0) is 9.57 Å². The minimum absolute atomic E-state index is 0.371. The molecule has 1 unspecified atom stereocenters. The third-order valence-corrected chi connectivity index (χ3v) is 1.42. The van der Waals surface area contributed by atoms with Gasteiger partial charge in [0.2, 0.25) is 0 Å². The van der Waals surface area contributed by atoms with Crippen LogP contribution in [0.1, 0.15) is 19.8 Å². The fourth-order valence-corrected chi connectivity index (χ4v) is 0.704. The number of aliphatic hydroxyl groups is 1. The first kappa shape index (κ1) is 11.8. The summed E-state index contributed by atoms with van der Waals surface area (Å²) in [6, 6.07) is 0. The molecule has 74 valence electrons. The molecule has 0 aromatic rings. The lowest BCUT2D eigenvalue weighted by Crippen LogP contribution is -2.29. The molecular weight excluding hydrogens is 158 g/mol. The Morgan fingerprint density at radius 1 is 1.50 bits per heavy atom. The van der Waals surface area contributed by atoms with Crippen molar-refractivity contribution in [2.24, 2.45) is 0 Å². The predicted octanol–water partition coefficient (Wildman–Crippen LogP) is 0.315. The lowest BCUT2D eigenvalue weighted by atomic mass is 10.3. The monoisotopic (exact) mass is 177 g/mol. The van der Waals surface area contributed by atoms with E-state index in [-0.39, 0.29) is 0 Å². The Labute approximate surface area is 73.8 Å². The molecule has 1 atom stereocenters. The SMILES string of the molecule is CCCCOCC(O)CNOC. The zero-order valence-electron chi connectivity index (χ0n) is 7.88. The summed E-state index contributed by atoms with van der Waals surface area (Å²) in [5.41, 5.74) is 2.56. The molecule has 0 spiro atoms. The largest absolute Gasteiger partial charge is 0.389 e. The third-order valence-electron chi connectivity index (χ3n) is 1.42. The fourth-order valence-electron chi connectivity index (χ4n) is 0.704. The lowest BCUT2D eigenvalue weighted by Gasteiger charge is -2.10. The number of hydroxylamine groups is 1. The van der Waals surface area contributed by atoms with Gasteiger partial charge in [-0.15, -0.1) is 0 Å². The van der Waals surface area contributed by atoms with Crippen LogP contribution in [0.2, 0.25) is 0 Å². The highest BCUT2D eigenvalue weighted by molar-refractivity contribution is 4.53. The van der Waals surface area contributed by atoms with Crippen molar-refractivity contribution in [1.82, 2.24) is 5.48 Å². The van der Waals surface area contributed by atoms with Gasteiger partial charge in [0.25, 0.3) is 0 Å². The summed E-state index contributed by atoms with van der Waals surface area (Å²) in [7, 11) is 1.52. The summed E-state index contributed by atoms with van der Waals surface area (Å²) >= 11 is 0. The van der Waals surface area contributed by atoms with E-state index in [4.69, 9.17) is 4.74 Å². The van der Waals surface area contributed by atoms with Crippen LogP contribution in [0.5, 0.6) is 0 Å². The van der Waals surface area contributed by atoms with Crippen LogP contribution in [0.3, 0.4) is 0 Å². The average Bonchev–Trinajstić information content (AvgIpc) is 2.09. The lowest BCUT2D eigenvalue weighted by molar-refractivity contribution is 0.00164. The highest BCUT2D eigenvalue weighted by Gasteiger charge is 2.02. The van der Waals surface area contributed by atoms with Crippen molar-refractivity contribution < 1.29 is 14.7 Å². The molecule has 0 fully saturated rings. The van der Waals surface area contributed by atoms with Gasteiger partial charge in [0.15, 0.2) is 0 Å². The summed E-state index contributed by atoms with van der Waals surface area (Å²) < 4.78 is 5.19. The summed E-state index contributed by atoms with van der Waals surface area (Å²) in [6.07, 6.45) is 1.68. The first-order valence-corrected chi connectivity index (χ1v) is 4.33. The van der Waals surface area contributed by atoms with E-state index < -0.39 is 6.10 Å². The van der Waals surface area contributed by atoms with Crippen molar-refractivity contribution in [2.75, 3.05) is 26.9 Å². The van der Waals surface area contributed by atoms with E-state index in [1.807, 2.05) is 0 Å². The van der Waals surface area contributed by atoms with Crippen molar-refractivity contribution in [1.29, 1.82) is 0 Å². The van der Waals surface area contributed by atoms with Crippen LogP contribution in [0.25, 0.3) is 0 Å². The molecule has 0 rings (SSSR count). The van der Waals surface area contributed by atoms with Gasteiger partial charge in [-0.05, 0) is 6.42 Å². The number of rotatable bonds is 8. The van der Waals surface area contributed by atoms with Crippen molar-refractivity contribution in [3.8, 4) is 0 Å². The highest BCUT2D eigenvalue weighted by atomic mass is 16.6. The molecule has 0 aliphatic rings. The van der Waals surface area contributed by atoms with Crippen LogP contribution in [0, 0.1) is 0 Å². The Balaban J connectivity index is 3.02. The molecule has 0 aromatic heterocycles. The second kappa shape index (κ2) is 8.93. The summed E-state index contributed by atoms with van der Waals surface area (Å²) in [6.45, 7) is 3.60. The number of nitrogens with one attached hydrogen (secondary N) is 1. The van der Waals surface area contributed by atoms with Crippen LogP contribution in [0.4, 0.5) is 0 Å². The van der Waals surface area contributed by atoms with Crippen molar-refractivity contribution in [2.45, 2.75) is 25.9 Å². The predicted molar refractivity (Wildman–Crippen MR) is 46.7 cm³/mol. The van der Waals surface area contributed by atoms with Gasteiger partial charge in [0, 0.05) is 13.2 Å². The van der Waals surface area contributed by atoms with E-state index in [0.717, 1.165) is 19.4 Å². The molecular formula is C8H19NO3. The second-order valence-corrected chi connectivity index (χ2v) is 2.63. The van der Waals surface area contributed by atoms with E-state index in [0.29, 0.717) is 13.2 Å². The van der Waals surface area contributed by atoms with E-state index >= 15 is 0 Å². The molecule has 0 heterocycles. The first-order valence-electron chi connectivity index (χ1n) is 4.33. The molecule has 0 saturated heterocycles. The van der Waals surface area contributed by atoms with Crippen molar-refractivity contribution >= 4 is 0 Å². The molecule has 0 aliphatic carbocycles. The average molecular weight is 177 g/mol. The van der Waals surface area contributed by atoms with Crippen molar-refractivity contribution in [3.05, 3.63) is 0 Å². The van der Waals surface area contributed by atoms with Gasteiger partial charge in [-0.25, -0.2) is 5.48 Å². The standard InChI is InChI=1S/C8H19NO3/c1-3-4-5-12-7-8(10)6-9-11-2/h8-10H,3-7H2,1-2H3. The molecule has 0 radical (unpaired) electrons. The summed E-state index contributed by atoms with van der Waals surface area (Å²) in [5, 5.41) is 9.21. The number of aliphatic hydroxyl groups excluding tert-OH is 1. The normalized spacial score (nSPS) is 13.2. The number of ether oxygens (including phenoxy) is 1. The maximum atomic E-state index is 9.21. The Kier molecular flexibility index (Phi) is 8.81. The van der Waals surface area contributed by atoms with E-state index in [9.17, 15) is 5.11 Å². The minimum atomic E-state index is -0.484. The Morgan fingerprint density at radius 2 is 2.25 bits per heavy atom. The maximum absolute atomic E-state index is 9.21. The molecule has 0 aliphatic heterocycles. The van der Waals surface area contributed by atoms with Crippen LogP contribution in [-0.4, -0.2) is 38.1 Å². The van der Waals surface area contributed by atoms with Crippen LogP contribution >= 0.6 is 0 Å². The van der Waals surface area contributed by atoms with Crippen molar-refractivity contribution in [3.63, 3.8) is 0 Å². The Hall–Kier alpha value is -0.160. The fraction of sp³-hybridized carbons (Fsp3) is 1.00. The Bertz CT molecular complexity index is 90.4. The molecule has 4 nitrogen and oxygen atoms in total. The molecule has 4 heteroatoms. The number of hydrogen-bond acceptors (Lipinski definition) is 4. The van der Waals surface area contributed by atoms with Gasteiger partial charge in [-0.1, -0.05) is 13.3 Å². The molecule has 0 saturated carbocycles.